The fraction of sp³-hybridized carbons (Fsp3) is 0.750. The zero-order valence-electron chi connectivity index (χ0n) is 3.89. The Morgan fingerprint density at radius 2 is 2.50 bits per heavy atom. The molecule has 36 valence electrons. The van der Waals surface area contributed by atoms with Gasteiger partial charge >= 0.3 is 0 Å². The van der Waals surface area contributed by atoms with Crippen LogP contribution in [-0.4, -0.2) is 11.4 Å². The van der Waals surface area contributed by atoms with Crippen LogP contribution in [0.15, 0.2) is 5.16 Å². The summed E-state index contributed by atoms with van der Waals surface area (Å²) in [4.78, 5) is 0. The van der Waals surface area contributed by atoms with E-state index in [1.54, 1.807) is 0 Å². The summed E-state index contributed by atoms with van der Waals surface area (Å²) in [6.07, 6.45) is 3.40. The minimum atomic E-state index is 0.872. The monoisotopic (exact) mass is 87.1 g/mol. The first-order valence-corrected chi connectivity index (χ1v) is 2.07. The highest BCUT2D eigenvalue weighted by Gasteiger charge is 1.67. The summed E-state index contributed by atoms with van der Waals surface area (Å²) in [6, 6.07) is 0. The van der Waals surface area contributed by atoms with Crippen LogP contribution in [0.2, 0.25) is 0 Å². The molecule has 2 nitrogen and oxygen atoms in total. The fourth-order valence-corrected chi connectivity index (χ4v) is 0.187. The maximum Gasteiger partial charge on any atom is 0.0435 e. The highest BCUT2D eigenvalue weighted by atomic mass is 16.4. The molecule has 0 saturated heterocycles. The molecular formula is C4H9NO. The summed E-state index contributed by atoms with van der Waals surface area (Å²) in [5.41, 5.74) is 0. The third-order valence-electron chi connectivity index (χ3n) is 0.499. The molecule has 0 unspecified atom stereocenters. The van der Waals surface area contributed by atoms with Crippen molar-refractivity contribution < 1.29 is 5.21 Å². The van der Waals surface area contributed by atoms with Gasteiger partial charge in [-0.25, -0.2) is 0 Å². The van der Waals surface area contributed by atoms with E-state index in [0.717, 1.165) is 12.8 Å². The van der Waals surface area contributed by atoms with Crippen LogP contribution in [0.5, 0.6) is 0 Å². The molecule has 0 amide bonds. The van der Waals surface area contributed by atoms with Crippen LogP contribution in [0.25, 0.3) is 0 Å². The normalized spacial score (nSPS) is 10.2. The van der Waals surface area contributed by atoms with Crippen LogP contribution >= 0.6 is 0 Å². The number of nitrogens with zero attached hydrogens (tertiary/aromatic N) is 1. The van der Waals surface area contributed by atoms with E-state index in [0.29, 0.717) is 0 Å². The van der Waals surface area contributed by atoms with E-state index in [2.05, 4.69) is 5.16 Å². The van der Waals surface area contributed by atoms with Gasteiger partial charge in [-0.15, -0.1) is 5.16 Å². The first-order chi connectivity index (χ1) is 2.91. The molecule has 2 heteroatoms. The maximum absolute atomic E-state index is 7.77. The van der Waals surface area contributed by atoms with E-state index in [4.69, 9.17) is 5.21 Å². The number of hydrogen-bond acceptors (Lipinski definition) is 2. The predicted octanol–water partition coefficient (Wildman–Crippen LogP) is 1.25. The van der Waals surface area contributed by atoms with Gasteiger partial charge in [0.2, 0.25) is 0 Å². The average molecular weight is 87.1 g/mol. The van der Waals surface area contributed by atoms with Gasteiger partial charge in [0, 0.05) is 6.21 Å². The second-order valence-corrected chi connectivity index (χ2v) is 1.09. The van der Waals surface area contributed by atoms with E-state index in [1.165, 1.54) is 6.21 Å². The molecule has 0 spiro atoms. The van der Waals surface area contributed by atoms with Gasteiger partial charge in [-0.1, -0.05) is 13.3 Å². The molecule has 6 heavy (non-hydrogen) atoms. The zero-order chi connectivity index (χ0) is 4.83. The zero-order valence-corrected chi connectivity index (χ0v) is 3.89. The lowest BCUT2D eigenvalue weighted by molar-refractivity contribution is 0.320. The van der Waals surface area contributed by atoms with Crippen molar-refractivity contribution in [2.24, 2.45) is 5.16 Å². The van der Waals surface area contributed by atoms with Crippen LogP contribution in [0.4, 0.5) is 0 Å². The standard InChI is InChI=1S/C4H9NO/c1-2-3-4-5-6/h4,6H,2-3H2,1H3/b5-4-. The van der Waals surface area contributed by atoms with Gasteiger partial charge in [-0.3, -0.25) is 0 Å². The van der Waals surface area contributed by atoms with Gasteiger partial charge < -0.3 is 5.21 Å². The Kier molecular flexibility index (Phi) is 4.08. The van der Waals surface area contributed by atoms with Crippen LogP contribution < -0.4 is 0 Å². The van der Waals surface area contributed by atoms with Crippen molar-refractivity contribution >= 4 is 6.21 Å². The number of rotatable bonds is 2. The van der Waals surface area contributed by atoms with Gasteiger partial charge in [0.15, 0.2) is 0 Å². The van der Waals surface area contributed by atoms with Crippen LogP contribution in [-0.2, 0) is 0 Å². The Balaban J connectivity index is 2.66. The summed E-state index contributed by atoms with van der Waals surface area (Å²) in [6.45, 7) is 2.03. The Bertz CT molecular complexity index is 42.8. The molecular weight excluding hydrogens is 78.0 g/mol. The summed E-state index contributed by atoms with van der Waals surface area (Å²) in [5.74, 6) is 0. The number of hydrogen-bond donors (Lipinski definition) is 1. The summed E-state index contributed by atoms with van der Waals surface area (Å²) >= 11 is 0. The second kappa shape index (κ2) is 4.47. The fourth-order valence-electron chi connectivity index (χ4n) is 0.187. The first-order valence-electron chi connectivity index (χ1n) is 2.07. The quantitative estimate of drug-likeness (QED) is 0.307. The maximum atomic E-state index is 7.77. The van der Waals surface area contributed by atoms with E-state index in [9.17, 15) is 0 Å². The molecule has 0 atom stereocenters. The SMILES string of the molecule is CCC/C=N\O. The molecule has 0 bridgehead atoms. The highest BCUT2D eigenvalue weighted by Crippen LogP contribution is 1.77. The Morgan fingerprint density at radius 3 is 2.67 bits per heavy atom. The van der Waals surface area contributed by atoms with Crippen molar-refractivity contribution in [1.29, 1.82) is 0 Å². The van der Waals surface area contributed by atoms with Gasteiger partial charge in [-0.2, -0.15) is 0 Å². The number of unbranched alkanes of at least 4 members (excludes halogenated alkanes) is 1. The third-order valence-corrected chi connectivity index (χ3v) is 0.499. The van der Waals surface area contributed by atoms with Crippen molar-refractivity contribution in [3.63, 3.8) is 0 Å². The lowest BCUT2D eigenvalue weighted by atomic mass is 10.4. The van der Waals surface area contributed by atoms with Crippen LogP contribution in [0.1, 0.15) is 19.8 Å². The van der Waals surface area contributed by atoms with Gasteiger partial charge in [0.25, 0.3) is 0 Å². The molecule has 0 aromatic heterocycles. The molecule has 0 saturated carbocycles. The lowest BCUT2D eigenvalue weighted by Crippen LogP contribution is -1.68. The molecule has 0 fully saturated rings. The van der Waals surface area contributed by atoms with Gasteiger partial charge in [0.1, 0.15) is 0 Å². The molecule has 1 N–H and O–H groups in total. The minimum Gasteiger partial charge on any atom is -0.411 e. The molecule has 0 aliphatic heterocycles. The van der Waals surface area contributed by atoms with E-state index < -0.39 is 0 Å². The molecule has 0 aliphatic rings. The van der Waals surface area contributed by atoms with Crippen molar-refractivity contribution in [3.05, 3.63) is 0 Å². The molecule has 0 aromatic carbocycles. The first kappa shape index (κ1) is 5.47. The Labute approximate surface area is 37.5 Å². The molecule has 0 radical (unpaired) electrons. The summed E-state index contributed by atoms with van der Waals surface area (Å²) < 4.78 is 0. The molecule has 0 aliphatic carbocycles. The molecule has 0 heterocycles. The number of oxime groups is 1. The predicted molar refractivity (Wildman–Crippen MR) is 25.2 cm³/mol. The molecule has 0 aromatic rings. The lowest BCUT2D eigenvalue weighted by Gasteiger charge is -1.74. The van der Waals surface area contributed by atoms with E-state index >= 15 is 0 Å². The van der Waals surface area contributed by atoms with Crippen molar-refractivity contribution in [2.45, 2.75) is 19.8 Å². The third kappa shape index (κ3) is 3.47. The van der Waals surface area contributed by atoms with Gasteiger partial charge in [-0.05, 0) is 6.42 Å². The highest BCUT2D eigenvalue weighted by molar-refractivity contribution is 5.55. The van der Waals surface area contributed by atoms with Crippen LogP contribution in [0, 0.1) is 0 Å². The average Bonchev–Trinajstić information content (AvgIpc) is 1.61. The van der Waals surface area contributed by atoms with Crippen molar-refractivity contribution in [3.8, 4) is 0 Å². The Hall–Kier alpha value is -0.530. The van der Waals surface area contributed by atoms with E-state index in [1.807, 2.05) is 6.92 Å². The van der Waals surface area contributed by atoms with Crippen molar-refractivity contribution in [1.82, 2.24) is 0 Å². The second-order valence-electron chi connectivity index (χ2n) is 1.09. The topological polar surface area (TPSA) is 32.6 Å². The van der Waals surface area contributed by atoms with Crippen molar-refractivity contribution in [2.75, 3.05) is 0 Å². The smallest absolute Gasteiger partial charge is 0.0435 e. The summed E-state index contributed by atoms with van der Waals surface area (Å²) in [7, 11) is 0. The minimum absolute atomic E-state index is 0.872. The molecule has 0 rings (SSSR count). The van der Waals surface area contributed by atoms with Crippen LogP contribution in [0.3, 0.4) is 0 Å². The largest absolute Gasteiger partial charge is 0.411 e. The summed E-state index contributed by atoms with van der Waals surface area (Å²) in [5, 5.41) is 10.6. The Morgan fingerprint density at radius 1 is 1.83 bits per heavy atom. The van der Waals surface area contributed by atoms with E-state index in [-0.39, 0.29) is 0 Å². The van der Waals surface area contributed by atoms with Gasteiger partial charge in [0.05, 0.1) is 0 Å².